The maximum absolute atomic E-state index is 11.9. The summed E-state index contributed by atoms with van der Waals surface area (Å²) in [6.07, 6.45) is 5.33. The maximum Gasteiger partial charge on any atom is 0.313 e. The molecule has 0 fully saturated rings. The standard InChI is InChI=1S/C13H22O2/c1-5-10-8-7-9-13(3,4)11(10)12(14)15-6-2/h8,11H,5-7,9H2,1-4H3/t11-/m1/s1. The highest BCUT2D eigenvalue weighted by atomic mass is 16.5. The molecule has 1 aliphatic carbocycles. The average Bonchev–Trinajstić information content (AvgIpc) is 2.16. The lowest BCUT2D eigenvalue weighted by Crippen LogP contribution is -2.36. The van der Waals surface area contributed by atoms with Crippen molar-refractivity contribution < 1.29 is 9.53 Å². The Hall–Kier alpha value is -0.790. The first-order valence-electron chi connectivity index (χ1n) is 5.88. The number of allylic oxidation sites excluding steroid dienone is 1. The van der Waals surface area contributed by atoms with Gasteiger partial charge in [0, 0.05) is 0 Å². The van der Waals surface area contributed by atoms with Gasteiger partial charge in [0.25, 0.3) is 0 Å². The Labute approximate surface area is 92.7 Å². The normalized spacial score (nSPS) is 24.5. The summed E-state index contributed by atoms with van der Waals surface area (Å²) in [6, 6.07) is 0. The topological polar surface area (TPSA) is 26.3 Å². The van der Waals surface area contributed by atoms with Crippen LogP contribution in [-0.4, -0.2) is 12.6 Å². The molecule has 1 aliphatic rings. The quantitative estimate of drug-likeness (QED) is 0.527. The molecule has 2 nitrogen and oxygen atoms in total. The van der Waals surface area contributed by atoms with Gasteiger partial charge in [0.05, 0.1) is 12.5 Å². The van der Waals surface area contributed by atoms with Crippen LogP contribution in [0.1, 0.15) is 47.0 Å². The smallest absolute Gasteiger partial charge is 0.313 e. The zero-order valence-electron chi connectivity index (χ0n) is 10.3. The Kier molecular flexibility index (Phi) is 3.95. The molecular formula is C13H22O2. The van der Waals surface area contributed by atoms with Crippen LogP contribution in [0.15, 0.2) is 11.6 Å². The van der Waals surface area contributed by atoms with Gasteiger partial charge in [-0.05, 0) is 31.6 Å². The van der Waals surface area contributed by atoms with Crippen LogP contribution in [-0.2, 0) is 9.53 Å². The van der Waals surface area contributed by atoms with Gasteiger partial charge < -0.3 is 4.74 Å². The van der Waals surface area contributed by atoms with Gasteiger partial charge in [0.15, 0.2) is 0 Å². The van der Waals surface area contributed by atoms with Gasteiger partial charge in [-0.25, -0.2) is 0 Å². The van der Waals surface area contributed by atoms with Crippen LogP contribution >= 0.6 is 0 Å². The molecule has 0 radical (unpaired) electrons. The lowest BCUT2D eigenvalue weighted by atomic mass is 9.68. The van der Waals surface area contributed by atoms with Crippen molar-refractivity contribution >= 4 is 5.97 Å². The predicted molar refractivity (Wildman–Crippen MR) is 61.5 cm³/mol. The molecule has 0 aliphatic heterocycles. The minimum Gasteiger partial charge on any atom is -0.466 e. The van der Waals surface area contributed by atoms with Crippen molar-refractivity contribution in [1.82, 2.24) is 0 Å². The SMILES string of the molecule is CCOC(=O)[C@H]1C(CC)=CCCC1(C)C. The second kappa shape index (κ2) is 4.82. The maximum atomic E-state index is 11.9. The molecule has 0 N–H and O–H groups in total. The van der Waals surface area contributed by atoms with E-state index in [2.05, 4.69) is 26.8 Å². The highest BCUT2D eigenvalue weighted by Crippen LogP contribution is 2.42. The van der Waals surface area contributed by atoms with E-state index in [4.69, 9.17) is 4.74 Å². The van der Waals surface area contributed by atoms with E-state index in [0.29, 0.717) is 6.61 Å². The first-order valence-corrected chi connectivity index (χ1v) is 5.88. The van der Waals surface area contributed by atoms with E-state index < -0.39 is 0 Å². The van der Waals surface area contributed by atoms with Crippen molar-refractivity contribution in [3.8, 4) is 0 Å². The van der Waals surface area contributed by atoms with E-state index in [1.165, 1.54) is 5.57 Å². The number of rotatable bonds is 3. The molecule has 0 saturated heterocycles. The Morgan fingerprint density at radius 2 is 2.20 bits per heavy atom. The largest absolute Gasteiger partial charge is 0.466 e. The summed E-state index contributed by atoms with van der Waals surface area (Å²) in [4.78, 5) is 11.9. The second-order valence-electron chi connectivity index (χ2n) is 4.84. The molecule has 0 amide bonds. The third-order valence-electron chi connectivity index (χ3n) is 3.28. The third-order valence-corrected chi connectivity index (χ3v) is 3.28. The summed E-state index contributed by atoms with van der Waals surface area (Å²) in [5, 5.41) is 0. The van der Waals surface area contributed by atoms with Crippen LogP contribution in [0.3, 0.4) is 0 Å². The van der Waals surface area contributed by atoms with Gasteiger partial charge in [-0.2, -0.15) is 0 Å². The lowest BCUT2D eigenvalue weighted by molar-refractivity contribution is -0.150. The van der Waals surface area contributed by atoms with Crippen molar-refractivity contribution in [3.63, 3.8) is 0 Å². The minimum atomic E-state index is -0.0460. The highest BCUT2D eigenvalue weighted by Gasteiger charge is 2.39. The first kappa shape index (κ1) is 12.3. The van der Waals surface area contributed by atoms with Crippen LogP contribution in [0.5, 0.6) is 0 Å². The molecule has 0 heterocycles. The molecule has 15 heavy (non-hydrogen) atoms. The number of ether oxygens (including phenoxy) is 1. The Morgan fingerprint density at radius 1 is 1.53 bits per heavy atom. The summed E-state index contributed by atoms with van der Waals surface area (Å²) < 4.78 is 5.17. The monoisotopic (exact) mass is 210 g/mol. The van der Waals surface area contributed by atoms with Crippen LogP contribution in [0, 0.1) is 11.3 Å². The van der Waals surface area contributed by atoms with Gasteiger partial charge in [0.1, 0.15) is 0 Å². The zero-order valence-corrected chi connectivity index (χ0v) is 10.3. The van der Waals surface area contributed by atoms with E-state index >= 15 is 0 Å². The number of hydrogen-bond acceptors (Lipinski definition) is 2. The second-order valence-corrected chi connectivity index (χ2v) is 4.84. The number of esters is 1. The van der Waals surface area contributed by atoms with Gasteiger partial charge >= 0.3 is 5.97 Å². The Bertz CT molecular complexity index is 264. The Balaban J connectivity index is 2.91. The first-order chi connectivity index (χ1) is 7.03. The van der Waals surface area contributed by atoms with E-state index in [1.807, 2.05) is 6.92 Å². The molecule has 0 aromatic carbocycles. The number of carbonyl (C=O) groups is 1. The van der Waals surface area contributed by atoms with Crippen LogP contribution in [0.2, 0.25) is 0 Å². The van der Waals surface area contributed by atoms with Gasteiger partial charge in [-0.15, -0.1) is 0 Å². The summed E-state index contributed by atoms with van der Waals surface area (Å²) in [6.45, 7) is 8.78. The van der Waals surface area contributed by atoms with Gasteiger partial charge in [-0.1, -0.05) is 32.4 Å². The van der Waals surface area contributed by atoms with Crippen molar-refractivity contribution in [3.05, 3.63) is 11.6 Å². The number of hydrogen-bond donors (Lipinski definition) is 0. The minimum absolute atomic E-state index is 0.0313. The van der Waals surface area contributed by atoms with Crippen LogP contribution in [0.25, 0.3) is 0 Å². The molecule has 0 unspecified atom stereocenters. The van der Waals surface area contributed by atoms with Crippen molar-refractivity contribution in [1.29, 1.82) is 0 Å². The van der Waals surface area contributed by atoms with E-state index in [9.17, 15) is 4.79 Å². The molecule has 1 atom stereocenters. The van der Waals surface area contributed by atoms with E-state index in [0.717, 1.165) is 19.3 Å². The van der Waals surface area contributed by atoms with Crippen molar-refractivity contribution in [2.75, 3.05) is 6.61 Å². The fraction of sp³-hybridized carbons (Fsp3) is 0.769. The van der Waals surface area contributed by atoms with Gasteiger partial charge in [-0.3, -0.25) is 4.79 Å². The van der Waals surface area contributed by atoms with Crippen molar-refractivity contribution in [2.45, 2.75) is 47.0 Å². The highest BCUT2D eigenvalue weighted by molar-refractivity contribution is 5.77. The van der Waals surface area contributed by atoms with Crippen LogP contribution < -0.4 is 0 Å². The van der Waals surface area contributed by atoms with Crippen LogP contribution in [0.4, 0.5) is 0 Å². The predicted octanol–water partition coefficient (Wildman–Crippen LogP) is 3.32. The third kappa shape index (κ3) is 2.61. The molecule has 86 valence electrons. The molecule has 0 aromatic rings. The van der Waals surface area contributed by atoms with E-state index in [-0.39, 0.29) is 17.3 Å². The molecule has 0 aromatic heterocycles. The lowest BCUT2D eigenvalue weighted by Gasteiger charge is -2.37. The molecule has 0 saturated carbocycles. The van der Waals surface area contributed by atoms with E-state index in [1.54, 1.807) is 0 Å². The average molecular weight is 210 g/mol. The molecular weight excluding hydrogens is 188 g/mol. The fourth-order valence-corrected chi connectivity index (χ4v) is 2.44. The summed E-state index contributed by atoms with van der Waals surface area (Å²) in [5.41, 5.74) is 1.30. The summed E-state index contributed by atoms with van der Waals surface area (Å²) in [5.74, 6) is -0.0773. The Morgan fingerprint density at radius 3 is 2.73 bits per heavy atom. The molecule has 0 spiro atoms. The molecule has 2 heteroatoms. The zero-order chi connectivity index (χ0) is 11.5. The summed E-state index contributed by atoms with van der Waals surface area (Å²) >= 11 is 0. The van der Waals surface area contributed by atoms with Gasteiger partial charge in [0.2, 0.25) is 0 Å². The molecule has 0 bridgehead atoms. The fourth-order valence-electron chi connectivity index (χ4n) is 2.44. The number of carbonyl (C=O) groups excluding carboxylic acids is 1. The van der Waals surface area contributed by atoms with Crippen molar-refractivity contribution in [2.24, 2.45) is 11.3 Å². The summed E-state index contributed by atoms with van der Waals surface area (Å²) in [7, 11) is 0. The molecule has 1 rings (SSSR count).